The van der Waals surface area contributed by atoms with Crippen molar-refractivity contribution in [3.63, 3.8) is 0 Å². The minimum atomic E-state index is -3.94. The van der Waals surface area contributed by atoms with Crippen molar-refractivity contribution in [2.75, 3.05) is 17.1 Å². The summed E-state index contributed by atoms with van der Waals surface area (Å²) in [6, 6.07) is 9.10. The molecule has 0 aliphatic rings. The van der Waals surface area contributed by atoms with E-state index in [1.807, 2.05) is 6.92 Å². The van der Waals surface area contributed by atoms with Crippen LogP contribution in [0.1, 0.15) is 20.3 Å². The van der Waals surface area contributed by atoms with Gasteiger partial charge in [0.15, 0.2) is 0 Å². The fraction of sp³-hybridized carbons (Fsp3) is 0.278. The van der Waals surface area contributed by atoms with E-state index >= 15 is 0 Å². The number of methoxy groups -OCH3 is 1. The van der Waals surface area contributed by atoms with Gasteiger partial charge in [-0.1, -0.05) is 13.8 Å². The van der Waals surface area contributed by atoms with Gasteiger partial charge in [-0.3, -0.25) is 9.52 Å². The minimum Gasteiger partial charge on any atom is -0.495 e. The largest absolute Gasteiger partial charge is 0.495 e. The van der Waals surface area contributed by atoms with Crippen LogP contribution >= 0.6 is 0 Å². The molecule has 6 nitrogen and oxygen atoms in total. The SMILES string of the molecule is CC[C@@H](C)C(=O)Nc1ccc(OC)c(NS(=O)(=O)c2ccc(F)cc2)c1. The zero-order chi connectivity index (χ0) is 19.3. The molecule has 0 aliphatic heterocycles. The van der Waals surface area contributed by atoms with Crippen molar-refractivity contribution >= 4 is 27.3 Å². The van der Waals surface area contributed by atoms with Crippen LogP contribution in [0.25, 0.3) is 0 Å². The van der Waals surface area contributed by atoms with Gasteiger partial charge in [-0.2, -0.15) is 0 Å². The standard InChI is InChI=1S/C18H21FN2O4S/c1-4-12(2)18(22)20-14-7-10-17(25-3)16(11-14)21-26(23,24)15-8-5-13(19)6-9-15/h5-12,21H,4H2,1-3H3,(H,20,22)/t12-/m1/s1. The van der Waals surface area contributed by atoms with Gasteiger partial charge < -0.3 is 10.1 Å². The Labute approximate surface area is 152 Å². The van der Waals surface area contributed by atoms with Crippen LogP contribution in [0.2, 0.25) is 0 Å². The smallest absolute Gasteiger partial charge is 0.262 e. The summed E-state index contributed by atoms with van der Waals surface area (Å²) < 4.78 is 45.6. The molecule has 2 rings (SSSR count). The molecule has 0 radical (unpaired) electrons. The third-order valence-electron chi connectivity index (χ3n) is 3.90. The Balaban J connectivity index is 2.31. The summed E-state index contributed by atoms with van der Waals surface area (Å²) in [4.78, 5) is 11.9. The summed E-state index contributed by atoms with van der Waals surface area (Å²) in [5.74, 6) is -0.574. The van der Waals surface area contributed by atoms with Gasteiger partial charge in [0.25, 0.3) is 10.0 Å². The second-order valence-electron chi connectivity index (χ2n) is 5.77. The summed E-state index contributed by atoms with van der Waals surface area (Å²) in [6.07, 6.45) is 0.687. The van der Waals surface area contributed by atoms with E-state index in [2.05, 4.69) is 10.0 Å². The molecule has 0 spiro atoms. The van der Waals surface area contributed by atoms with Gasteiger partial charge in [0.1, 0.15) is 11.6 Å². The lowest BCUT2D eigenvalue weighted by Crippen LogP contribution is -2.20. The van der Waals surface area contributed by atoms with Gasteiger partial charge >= 0.3 is 0 Å². The number of hydrogen-bond acceptors (Lipinski definition) is 4. The van der Waals surface area contributed by atoms with Gasteiger partial charge in [0, 0.05) is 11.6 Å². The van der Waals surface area contributed by atoms with Crippen LogP contribution in [-0.2, 0) is 14.8 Å². The van der Waals surface area contributed by atoms with Crippen LogP contribution in [0.3, 0.4) is 0 Å². The van der Waals surface area contributed by atoms with Crippen LogP contribution in [-0.4, -0.2) is 21.4 Å². The molecule has 140 valence electrons. The highest BCUT2D eigenvalue weighted by atomic mass is 32.2. The molecule has 1 atom stereocenters. The highest BCUT2D eigenvalue weighted by molar-refractivity contribution is 7.92. The molecule has 0 aromatic heterocycles. The van der Waals surface area contributed by atoms with Crippen LogP contribution in [0.5, 0.6) is 5.75 Å². The van der Waals surface area contributed by atoms with Crippen LogP contribution in [0, 0.1) is 11.7 Å². The molecule has 2 aromatic rings. The first-order valence-electron chi connectivity index (χ1n) is 8.04. The van der Waals surface area contributed by atoms with E-state index in [-0.39, 0.29) is 28.2 Å². The number of halogens is 1. The molecule has 0 aliphatic carbocycles. The predicted octanol–water partition coefficient (Wildman–Crippen LogP) is 3.62. The Morgan fingerprint density at radius 2 is 1.85 bits per heavy atom. The summed E-state index contributed by atoms with van der Waals surface area (Å²) in [5, 5.41) is 2.74. The first kappa shape index (κ1) is 19.7. The number of benzene rings is 2. The quantitative estimate of drug-likeness (QED) is 0.768. The van der Waals surface area contributed by atoms with Gasteiger partial charge in [0.2, 0.25) is 5.91 Å². The molecule has 26 heavy (non-hydrogen) atoms. The summed E-state index contributed by atoms with van der Waals surface area (Å²) in [7, 11) is -2.53. The number of hydrogen-bond donors (Lipinski definition) is 2. The minimum absolute atomic E-state index is 0.0880. The second kappa shape index (κ2) is 8.18. The zero-order valence-electron chi connectivity index (χ0n) is 14.7. The highest BCUT2D eigenvalue weighted by Crippen LogP contribution is 2.30. The van der Waals surface area contributed by atoms with Crippen molar-refractivity contribution in [1.82, 2.24) is 0 Å². The molecule has 0 saturated heterocycles. The Hall–Kier alpha value is -2.61. The van der Waals surface area contributed by atoms with Crippen molar-refractivity contribution in [2.45, 2.75) is 25.2 Å². The Morgan fingerprint density at radius 1 is 1.19 bits per heavy atom. The molecule has 0 fully saturated rings. The highest BCUT2D eigenvalue weighted by Gasteiger charge is 2.18. The van der Waals surface area contributed by atoms with Crippen molar-refractivity contribution in [1.29, 1.82) is 0 Å². The third-order valence-corrected chi connectivity index (χ3v) is 5.28. The average molecular weight is 380 g/mol. The molecule has 1 amide bonds. The summed E-state index contributed by atoms with van der Waals surface area (Å²) in [5.41, 5.74) is 0.603. The summed E-state index contributed by atoms with van der Waals surface area (Å²) in [6.45, 7) is 3.71. The number of amides is 1. The van der Waals surface area contributed by atoms with Gasteiger partial charge in [-0.25, -0.2) is 12.8 Å². The molecule has 8 heteroatoms. The predicted molar refractivity (Wildman–Crippen MR) is 98.3 cm³/mol. The number of nitrogens with one attached hydrogen (secondary N) is 2. The number of anilines is 2. The number of carbonyl (C=O) groups excluding carboxylic acids is 1. The van der Waals surface area contributed by atoms with E-state index in [0.717, 1.165) is 12.1 Å². The maximum absolute atomic E-state index is 13.0. The molecule has 2 N–H and O–H groups in total. The molecule has 0 heterocycles. The van der Waals surface area contributed by atoms with E-state index in [0.29, 0.717) is 12.1 Å². The molecular formula is C18H21FN2O4S. The van der Waals surface area contributed by atoms with E-state index in [1.165, 1.54) is 25.3 Å². The second-order valence-corrected chi connectivity index (χ2v) is 7.46. The van der Waals surface area contributed by atoms with Crippen molar-refractivity contribution in [2.24, 2.45) is 5.92 Å². The van der Waals surface area contributed by atoms with Crippen LogP contribution < -0.4 is 14.8 Å². The van der Waals surface area contributed by atoms with Gasteiger partial charge in [0.05, 0.1) is 17.7 Å². The Morgan fingerprint density at radius 3 is 2.42 bits per heavy atom. The first-order chi connectivity index (χ1) is 12.3. The first-order valence-corrected chi connectivity index (χ1v) is 9.52. The van der Waals surface area contributed by atoms with E-state index < -0.39 is 15.8 Å². The lowest BCUT2D eigenvalue weighted by atomic mass is 10.1. The average Bonchev–Trinajstić information content (AvgIpc) is 2.61. The number of sulfonamides is 1. The summed E-state index contributed by atoms with van der Waals surface area (Å²) >= 11 is 0. The number of rotatable bonds is 7. The monoisotopic (exact) mass is 380 g/mol. The van der Waals surface area contributed by atoms with E-state index in [9.17, 15) is 17.6 Å². The fourth-order valence-electron chi connectivity index (χ4n) is 2.13. The molecule has 0 bridgehead atoms. The lowest BCUT2D eigenvalue weighted by Gasteiger charge is -2.15. The number of carbonyl (C=O) groups is 1. The van der Waals surface area contributed by atoms with Crippen molar-refractivity contribution in [3.8, 4) is 5.75 Å². The third kappa shape index (κ3) is 4.72. The normalized spacial score (nSPS) is 12.3. The Kier molecular flexibility index (Phi) is 6.20. The molecule has 2 aromatic carbocycles. The molecular weight excluding hydrogens is 359 g/mol. The van der Waals surface area contributed by atoms with Crippen molar-refractivity contribution < 1.29 is 22.3 Å². The maximum Gasteiger partial charge on any atom is 0.262 e. The van der Waals surface area contributed by atoms with E-state index in [4.69, 9.17) is 4.74 Å². The van der Waals surface area contributed by atoms with Crippen LogP contribution in [0.15, 0.2) is 47.4 Å². The Bertz CT molecular complexity index is 883. The fourth-order valence-corrected chi connectivity index (χ4v) is 3.20. The maximum atomic E-state index is 13.0. The van der Waals surface area contributed by atoms with E-state index in [1.54, 1.807) is 19.1 Å². The molecule has 0 saturated carbocycles. The van der Waals surface area contributed by atoms with Gasteiger partial charge in [-0.05, 0) is 48.9 Å². The van der Waals surface area contributed by atoms with Gasteiger partial charge in [-0.15, -0.1) is 0 Å². The topological polar surface area (TPSA) is 84.5 Å². The van der Waals surface area contributed by atoms with Crippen LogP contribution in [0.4, 0.5) is 15.8 Å². The molecule has 0 unspecified atom stereocenters. The number of ether oxygens (including phenoxy) is 1. The van der Waals surface area contributed by atoms with Crippen molar-refractivity contribution in [3.05, 3.63) is 48.3 Å². The lowest BCUT2D eigenvalue weighted by molar-refractivity contribution is -0.119. The zero-order valence-corrected chi connectivity index (χ0v) is 15.6.